The van der Waals surface area contributed by atoms with Gasteiger partial charge >= 0.3 is 0 Å². The van der Waals surface area contributed by atoms with E-state index in [0.29, 0.717) is 10.3 Å². The normalized spacial score (nSPS) is 23.6. The Morgan fingerprint density at radius 2 is 2.21 bits per heavy atom. The van der Waals surface area contributed by atoms with Crippen LogP contribution < -0.4 is 0 Å². The Labute approximate surface area is 90.8 Å². The van der Waals surface area contributed by atoms with Gasteiger partial charge in [-0.25, -0.2) is 4.68 Å². The Morgan fingerprint density at radius 3 is 2.57 bits per heavy atom. The van der Waals surface area contributed by atoms with Crippen molar-refractivity contribution in [3.63, 3.8) is 0 Å². The Balaban J connectivity index is 2.29. The molecule has 1 atom stereocenters. The zero-order chi connectivity index (χ0) is 10.5. The number of carbonyl (C=O) groups excluding carboxylic acids is 1. The third kappa shape index (κ3) is 1.39. The molecule has 0 amide bonds. The van der Waals surface area contributed by atoms with E-state index >= 15 is 0 Å². The molecule has 0 aromatic carbocycles. The summed E-state index contributed by atoms with van der Waals surface area (Å²) < 4.78 is 2.08. The fourth-order valence-corrected chi connectivity index (χ4v) is 2.20. The topological polar surface area (TPSA) is 47.8 Å². The van der Waals surface area contributed by atoms with Crippen molar-refractivity contribution >= 4 is 21.7 Å². The van der Waals surface area contributed by atoms with Gasteiger partial charge in [-0.3, -0.25) is 4.79 Å². The average Bonchev–Trinajstić information content (AvgIpc) is 2.59. The van der Waals surface area contributed by atoms with Crippen LogP contribution in [0.5, 0.6) is 0 Å². The van der Waals surface area contributed by atoms with E-state index in [0.717, 1.165) is 6.42 Å². The zero-order valence-electron chi connectivity index (χ0n) is 8.41. The molecule has 0 radical (unpaired) electrons. The van der Waals surface area contributed by atoms with Crippen molar-refractivity contribution in [1.29, 1.82) is 0 Å². The molecule has 0 saturated heterocycles. The van der Waals surface area contributed by atoms with E-state index in [2.05, 4.69) is 40.1 Å². The standard InChI is InChI=1S/C9H12BrN3O/c1-9(2)4-5(9)7(14)6-8(10)11-12-13(6)3/h5H,4H2,1-3H3. The van der Waals surface area contributed by atoms with Gasteiger partial charge in [-0.05, 0) is 27.8 Å². The van der Waals surface area contributed by atoms with Crippen LogP contribution in [0.3, 0.4) is 0 Å². The lowest BCUT2D eigenvalue weighted by Gasteiger charge is -2.02. The predicted molar refractivity (Wildman–Crippen MR) is 54.9 cm³/mol. The highest BCUT2D eigenvalue weighted by Crippen LogP contribution is 2.53. The summed E-state index contributed by atoms with van der Waals surface area (Å²) in [4.78, 5) is 12.0. The molecule has 2 rings (SSSR count). The van der Waals surface area contributed by atoms with Gasteiger partial charge in [0.1, 0.15) is 5.69 Å². The Morgan fingerprint density at radius 1 is 1.64 bits per heavy atom. The minimum absolute atomic E-state index is 0.135. The van der Waals surface area contributed by atoms with Crippen molar-refractivity contribution < 1.29 is 4.79 Å². The molecule has 1 heterocycles. The summed E-state index contributed by atoms with van der Waals surface area (Å²) in [7, 11) is 1.74. The number of Topliss-reactive ketones (excluding diaryl/α,β-unsaturated/α-hetero) is 1. The lowest BCUT2D eigenvalue weighted by Crippen LogP contribution is -2.12. The zero-order valence-corrected chi connectivity index (χ0v) is 10.00. The Kier molecular flexibility index (Phi) is 2.03. The summed E-state index contributed by atoms with van der Waals surface area (Å²) in [5.41, 5.74) is 0.737. The number of aromatic nitrogens is 3. The molecule has 5 heteroatoms. The summed E-state index contributed by atoms with van der Waals surface area (Å²) >= 11 is 3.24. The maximum Gasteiger partial charge on any atom is 0.187 e. The van der Waals surface area contributed by atoms with Gasteiger partial charge in [0.05, 0.1) is 0 Å². The van der Waals surface area contributed by atoms with E-state index in [1.807, 2.05) is 0 Å². The number of ketones is 1. The summed E-state index contributed by atoms with van der Waals surface area (Å²) in [5, 5.41) is 7.60. The van der Waals surface area contributed by atoms with E-state index in [9.17, 15) is 4.79 Å². The highest BCUT2D eigenvalue weighted by Gasteiger charge is 2.51. The molecule has 1 aromatic heterocycles. The van der Waals surface area contributed by atoms with Crippen molar-refractivity contribution in [2.45, 2.75) is 20.3 Å². The van der Waals surface area contributed by atoms with Crippen LogP contribution in [0.15, 0.2) is 4.60 Å². The van der Waals surface area contributed by atoms with Crippen LogP contribution >= 0.6 is 15.9 Å². The fraction of sp³-hybridized carbons (Fsp3) is 0.667. The molecule has 4 nitrogen and oxygen atoms in total. The molecule has 1 aliphatic rings. The minimum atomic E-state index is 0.135. The third-order valence-electron chi connectivity index (χ3n) is 2.85. The SMILES string of the molecule is Cn1nnc(Br)c1C(=O)C1CC1(C)C. The molecule has 1 aromatic rings. The largest absolute Gasteiger partial charge is 0.292 e. The molecular formula is C9H12BrN3O. The quantitative estimate of drug-likeness (QED) is 0.760. The first-order valence-electron chi connectivity index (χ1n) is 4.53. The predicted octanol–water partition coefficient (Wildman–Crippen LogP) is 1.81. The molecular weight excluding hydrogens is 246 g/mol. The van der Waals surface area contributed by atoms with Gasteiger partial charge in [0, 0.05) is 13.0 Å². The molecule has 14 heavy (non-hydrogen) atoms. The highest BCUT2D eigenvalue weighted by atomic mass is 79.9. The van der Waals surface area contributed by atoms with Crippen LogP contribution in [0.1, 0.15) is 30.8 Å². The van der Waals surface area contributed by atoms with Gasteiger partial charge in [-0.15, -0.1) is 5.10 Å². The first-order chi connectivity index (χ1) is 6.43. The lowest BCUT2D eigenvalue weighted by molar-refractivity contribution is 0.0943. The van der Waals surface area contributed by atoms with Gasteiger partial charge in [0.2, 0.25) is 0 Å². The van der Waals surface area contributed by atoms with Crippen LogP contribution in [0.25, 0.3) is 0 Å². The van der Waals surface area contributed by atoms with Crippen molar-refractivity contribution in [1.82, 2.24) is 15.0 Å². The van der Waals surface area contributed by atoms with Gasteiger partial charge in [0.15, 0.2) is 10.4 Å². The van der Waals surface area contributed by atoms with Gasteiger partial charge in [0.25, 0.3) is 0 Å². The van der Waals surface area contributed by atoms with Crippen LogP contribution in [-0.4, -0.2) is 20.8 Å². The van der Waals surface area contributed by atoms with Gasteiger partial charge in [-0.2, -0.15) is 0 Å². The van der Waals surface area contributed by atoms with Crippen molar-refractivity contribution in [3.8, 4) is 0 Å². The average molecular weight is 258 g/mol. The van der Waals surface area contributed by atoms with E-state index in [4.69, 9.17) is 0 Å². The number of carbonyl (C=O) groups is 1. The summed E-state index contributed by atoms with van der Waals surface area (Å²) in [6.07, 6.45) is 0.962. The van der Waals surface area contributed by atoms with Crippen LogP contribution in [0, 0.1) is 11.3 Å². The maximum absolute atomic E-state index is 12.0. The number of rotatable bonds is 2. The van der Waals surface area contributed by atoms with E-state index in [1.54, 1.807) is 7.05 Å². The summed E-state index contributed by atoms with van der Waals surface area (Å²) in [6.45, 7) is 4.21. The Bertz CT molecular complexity index is 377. The number of hydrogen-bond acceptors (Lipinski definition) is 3. The number of hydrogen-bond donors (Lipinski definition) is 0. The number of aryl methyl sites for hydroxylation is 1. The van der Waals surface area contributed by atoms with Crippen LogP contribution in [-0.2, 0) is 7.05 Å². The smallest absolute Gasteiger partial charge is 0.187 e. The van der Waals surface area contributed by atoms with Crippen LogP contribution in [0.2, 0.25) is 0 Å². The molecule has 0 spiro atoms. The van der Waals surface area contributed by atoms with Crippen molar-refractivity contribution in [2.24, 2.45) is 18.4 Å². The second-order valence-electron chi connectivity index (χ2n) is 4.46. The van der Waals surface area contributed by atoms with Crippen LogP contribution in [0.4, 0.5) is 0 Å². The molecule has 1 saturated carbocycles. The molecule has 76 valence electrons. The van der Waals surface area contributed by atoms with Crippen molar-refractivity contribution in [2.75, 3.05) is 0 Å². The first kappa shape index (κ1) is 9.83. The van der Waals surface area contributed by atoms with E-state index in [-0.39, 0.29) is 17.1 Å². The summed E-state index contributed by atoms with van der Waals surface area (Å²) in [6, 6.07) is 0. The maximum atomic E-state index is 12.0. The molecule has 0 bridgehead atoms. The first-order valence-corrected chi connectivity index (χ1v) is 5.32. The highest BCUT2D eigenvalue weighted by molar-refractivity contribution is 9.10. The van der Waals surface area contributed by atoms with E-state index < -0.39 is 0 Å². The monoisotopic (exact) mass is 257 g/mol. The molecule has 1 fully saturated rings. The number of halogens is 1. The second-order valence-corrected chi connectivity index (χ2v) is 5.21. The molecule has 1 unspecified atom stereocenters. The Hall–Kier alpha value is -0.710. The van der Waals surface area contributed by atoms with Crippen molar-refractivity contribution in [3.05, 3.63) is 10.3 Å². The molecule has 0 N–H and O–H groups in total. The fourth-order valence-electron chi connectivity index (χ4n) is 1.67. The second kappa shape index (κ2) is 2.89. The van der Waals surface area contributed by atoms with E-state index in [1.165, 1.54) is 4.68 Å². The minimum Gasteiger partial charge on any atom is -0.292 e. The van der Waals surface area contributed by atoms with Gasteiger partial charge < -0.3 is 0 Å². The third-order valence-corrected chi connectivity index (χ3v) is 3.38. The lowest BCUT2D eigenvalue weighted by atomic mass is 10.1. The number of nitrogens with zero attached hydrogens (tertiary/aromatic N) is 3. The molecule has 1 aliphatic carbocycles. The summed E-state index contributed by atoms with van der Waals surface area (Å²) in [5.74, 6) is 0.283. The van der Waals surface area contributed by atoms with Gasteiger partial charge in [-0.1, -0.05) is 19.1 Å². The molecule has 0 aliphatic heterocycles.